The van der Waals surface area contributed by atoms with Gasteiger partial charge in [0.05, 0.1) is 23.7 Å². The van der Waals surface area contributed by atoms with Crippen molar-refractivity contribution in [3.63, 3.8) is 0 Å². The monoisotopic (exact) mass is 337 g/mol. The maximum absolute atomic E-state index is 13.6. The molecule has 0 bridgehead atoms. The highest BCUT2D eigenvalue weighted by Gasteiger charge is 2.13. The number of aromatic nitrogens is 3. The van der Waals surface area contributed by atoms with Crippen LogP contribution in [-0.2, 0) is 11.2 Å². The largest absolute Gasteiger partial charge is 0.465 e. The zero-order valence-electron chi connectivity index (χ0n) is 13.8. The van der Waals surface area contributed by atoms with Crippen LogP contribution in [0.2, 0.25) is 0 Å². The van der Waals surface area contributed by atoms with Crippen molar-refractivity contribution in [3.8, 4) is 0 Å². The van der Waals surface area contributed by atoms with Gasteiger partial charge in [-0.3, -0.25) is 0 Å². The number of hydrogen-bond donors (Lipinski definition) is 2. The highest BCUT2D eigenvalue weighted by atomic mass is 19.1. The number of nitrogens with one attached hydrogen (secondary N) is 2. The highest BCUT2D eigenvalue weighted by molar-refractivity contribution is 5.93. The number of rotatable bonds is 3. The van der Waals surface area contributed by atoms with E-state index in [9.17, 15) is 9.18 Å². The predicted molar refractivity (Wildman–Crippen MR) is 93.2 cm³/mol. The van der Waals surface area contributed by atoms with Gasteiger partial charge >= 0.3 is 5.97 Å². The molecule has 4 rings (SSSR count). The topological polar surface area (TPSA) is 70.8 Å². The van der Waals surface area contributed by atoms with E-state index in [2.05, 4.69) is 15.0 Å². The molecule has 0 spiro atoms. The van der Waals surface area contributed by atoms with Crippen molar-refractivity contribution in [2.45, 2.75) is 13.3 Å². The van der Waals surface area contributed by atoms with Gasteiger partial charge in [-0.05, 0) is 48.9 Å². The molecule has 2 heterocycles. The Balaban J connectivity index is 1.75. The summed E-state index contributed by atoms with van der Waals surface area (Å²) >= 11 is 0. The lowest BCUT2D eigenvalue weighted by molar-refractivity contribution is 0.0601. The first-order chi connectivity index (χ1) is 12.0. The Morgan fingerprint density at radius 1 is 1.16 bits per heavy atom. The maximum atomic E-state index is 13.6. The van der Waals surface area contributed by atoms with E-state index in [1.165, 1.54) is 19.2 Å². The molecular formula is C19H16FN3O2. The molecule has 2 aromatic carbocycles. The number of hydrogen-bond acceptors (Lipinski definition) is 3. The minimum atomic E-state index is -0.388. The van der Waals surface area contributed by atoms with Gasteiger partial charge in [-0.25, -0.2) is 14.2 Å². The highest BCUT2D eigenvalue weighted by Crippen LogP contribution is 2.26. The molecule has 0 saturated heterocycles. The maximum Gasteiger partial charge on any atom is 0.337 e. The number of imidazole rings is 1. The normalized spacial score (nSPS) is 11.3. The molecule has 4 aromatic rings. The molecule has 0 unspecified atom stereocenters. The molecule has 0 atom stereocenters. The van der Waals surface area contributed by atoms with Crippen molar-refractivity contribution in [2.24, 2.45) is 0 Å². The molecule has 2 N–H and O–H groups in total. The Hall–Kier alpha value is -3.15. The van der Waals surface area contributed by atoms with Crippen LogP contribution in [0.15, 0.2) is 36.4 Å². The van der Waals surface area contributed by atoms with Crippen LogP contribution < -0.4 is 0 Å². The van der Waals surface area contributed by atoms with Crippen molar-refractivity contribution in [1.29, 1.82) is 0 Å². The Bertz CT molecular complexity index is 1110. The van der Waals surface area contributed by atoms with Crippen molar-refractivity contribution >= 4 is 27.9 Å². The molecule has 0 aliphatic carbocycles. The number of aryl methyl sites for hydroxylation is 1. The quantitative estimate of drug-likeness (QED) is 0.558. The average molecular weight is 337 g/mol. The fourth-order valence-corrected chi connectivity index (χ4v) is 3.14. The van der Waals surface area contributed by atoms with Crippen molar-refractivity contribution in [1.82, 2.24) is 15.0 Å². The molecule has 0 amide bonds. The van der Waals surface area contributed by atoms with E-state index in [-0.39, 0.29) is 11.8 Å². The minimum Gasteiger partial charge on any atom is -0.465 e. The summed E-state index contributed by atoms with van der Waals surface area (Å²) in [5.74, 6) is 0.103. The number of benzene rings is 2. The fraction of sp³-hybridized carbons (Fsp3) is 0.158. The number of halogens is 1. The van der Waals surface area contributed by atoms with E-state index in [4.69, 9.17) is 4.74 Å². The van der Waals surface area contributed by atoms with E-state index in [0.29, 0.717) is 12.0 Å². The van der Waals surface area contributed by atoms with Crippen LogP contribution >= 0.6 is 0 Å². The average Bonchev–Trinajstić information content (AvgIpc) is 3.14. The van der Waals surface area contributed by atoms with Gasteiger partial charge in [-0.2, -0.15) is 0 Å². The number of carbonyl (C=O) groups is 1. The fourth-order valence-electron chi connectivity index (χ4n) is 3.14. The Labute approximate surface area is 142 Å². The van der Waals surface area contributed by atoms with E-state index in [1.54, 1.807) is 24.3 Å². The summed E-state index contributed by atoms with van der Waals surface area (Å²) in [6.07, 6.45) is 0.539. The van der Waals surface area contributed by atoms with E-state index >= 15 is 0 Å². The molecule has 0 aliphatic heterocycles. The summed E-state index contributed by atoms with van der Waals surface area (Å²) in [7, 11) is 1.35. The summed E-state index contributed by atoms with van der Waals surface area (Å²) < 4.78 is 18.3. The number of nitrogens with zero attached hydrogens (tertiary/aromatic N) is 1. The second kappa shape index (κ2) is 5.73. The number of methoxy groups -OCH3 is 1. The third-order valence-electron chi connectivity index (χ3n) is 4.38. The van der Waals surface area contributed by atoms with E-state index in [0.717, 1.165) is 39.0 Å². The smallest absolute Gasteiger partial charge is 0.337 e. The summed E-state index contributed by atoms with van der Waals surface area (Å²) in [5, 5.41) is 0.855. The molecule has 6 heteroatoms. The first-order valence-corrected chi connectivity index (χ1v) is 7.89. The Kier molecular flexibility index (Phi) is 3.53. The van der Waals surface area contributed by atoms with E-state index in [1.807, 2.05) is 6.92 Å². The van der Waals surface area contributed by atoms with Crippen LogP contribution in [0.25, 0.3) is 21.9 Å². The minimum absolute atomic E-state index is 0.264. The third kappa shape index (κ3) is 2.65. The first-order valence-electron chi connectivity index (χ1n) is 7.89. The van der Waals surface area contributed by atoms with Gasteiger partial charge in [0.15, 0.2) is 0 Å². The van der Waals surface area contributed by atoms with Crippen molar-refractivity contribution in [2.75, 3.05) is 7.11 Å². The molecule has 0 fully saturated rings. The molecular weight excluding hydrogens is 321 g/mol. The number of carbonyl (C=O) groups excluding carboxylic acids is 1. The van der Waals surface area contributed by atoms with Gasteiger partial charge in [0.25, 0.3) is 0 Å². The van der Waals surface area contributed by atoms with Crippen molar-refractivity contribution in [3.05, 3.63) is 64.9 Å². The first kappa shape index (κ1) is 15.4. The van der Waals surface area contributed by atoms with Crippen molar-refractivity contribution < 1.29 is 13.9 Å². The van der Waals surface area contributed by atoms with Gasteiger partial charge < -0.3 is 14.7 Å². The predicted octanol–water partition coefficient (Wildman–Crippen LogP) is 3.87. The number of ether oxygens (including phenoxy) is 1. The summed E-state index contributed by atoms with van der Waals surface area (Å²) in [5.41, 5.74) is 4.89. The van der Waals surface area contributed by atoms with Crippen LogP contribution in [0.5, 0.6) is 0 Å². The lowest BCUT2D eigenvalue weighted by Crippen LogP contribution is -2.00. The lowest BCUT2D eigenvalue weighted by Gasteiger charge is -1.99. The Morgan fingerprint density at radius 2 is 2.00 bits per heavy atom. The molecule has 25 heavy (non-hydrogen) atoms. The molecule has 2 aromatic heterocycles. The molecule has 126 valence electrons. The van der Waals surface area contributed by atoms with Gasteiger partial charge in [0, 0.05) is 23.0 Å². The third-order valence-corrected chi connectivity index (χ3v) is 4.38. The van der Waals surface area contributed by atoms with Gasteiger partial charge in [0.1, 0.15) is 11.6 Å². The number of aromatic amines is 2. The van der Waals surface area contributed by atoms with Gasteiger partial charge in [-0.1, -0.05) is 0 Å². The van der Waals surface area contributed by atoms with Crippen LogP contribution in [0.3, 0.4) is 0 Å². The van der Waals surface area contributed by atoms with Gasteiger partial charge in [0.2, 0.25) is 0 Å². The lowest BCUT2D eigenvalue weighted by atomic mass is 10.1. The summed E-state index contributed by atoms with van der Waals surface area (Å²) in [6, 6.07) is 9.90. The second-order valence-corrected chi connectivity index (χ2v) is 6.00. The van der Waals surface area contributed by atoms with Crippen LogP contribution in [0, 0.1) is 12.7 Å². The molecule has 0 saturated carbocycles. The SMILES string of the molecule is COC(=O)c1ccc2nc(Cc3c(C)[nH]c4ccc(F)cc34)[nH]c2c1. The standard InChI is InChI=1S/C19H16FN3O2/c1-10-13(14-8-12(20)4-6-15(14)21-10)9-18-22-16-5-3-11(19(24)25-2)7-17(16)23-18/h3-8,21H,9H2,1-2H3,(H,22,23). The zero-order valence-corrected chi connectivity index (χ0v) is 13.8. The van der Waals surface area contributed by atoms with Crippen LogP contribution in [0.1, 0.15) is 27.4 Å². The number of H-pyrrole nitrogens is 2. The van der Waals surface area contributed by atoms with Crippen LogP contribution in [0.4, 0.5) is 4.39 Å². The zero-order chi connectivity index (χ0) is 17.6. The molecule has 5 nitrogen and oxygen atoms in total. The van der Waals surface area contributed by atoms with Crippen LogP contribution in [-0.4, -0.2) is 28.0 Å². The van der Waals surface area contributed by atoms with E-state index < -0.39 is 0 Å². The summed E-state index contributed by atoms with van der Waals surface area (Å²) in [4.78, 5) is 22.7. The molecule has 0 radical (unpaired) electrons. The number of fused-ring (bicyclic) bond motifs is 2. The van der Waals surface area contributed by atoms with Gasteiger partial charge in [-0.15, -0.1) is 0 Å². The Morgan fingerprint density at radius 3 is 2.80 bits per heavy atom. The number of esters is 1. The summed E-state index contributed by atoms with van der Waals surface area (Å²) in [6.45, 7) is 1.96. The molecule has 0 aliphatic rings. The second-order valence-electron chi connectivity index (χ2n) is 6.00.